The van der Waals surface area contributed by atoms with Crippen molar-refractivity contribution in [3.05, 3.63) is 59.7 Å². The van der Waals surface area contributed by atoms with Crippen molar-refractivity contribution in [1.29, 1.82) is 0 Å². The summed E-state index contributed by atoms with van der Waals surface area (Å²) in [5.41, 5.74) is 1.97. The van der Waals surface area contributed by atoms with Crippen LogP contribution < -0.4 is 15.4 Å². The molecule has 2 N–H and O–H groups in total. The van der Waals surface area contributed by atoms with Crippen molar-refractivity contribution in [3.63, 3.8) is 0 Å². The average molecular weight is 411 g/mol. The monoisotopic (exact) mass is 410 g/mol. The van der Waals surface area contributed by atoms with E-state index in [1.807, 2.05) is 24.3 Å². The number of carbonyl (C=O) groups is 2. The molecule has 0 aliphatic carbocycles. The molecule has 2 atom stereocenters. The van der Waals surface area contributed by atoms with Crippen LogP contribution in [0.2, 0.25) is 0 Å². The molecule has 6 heteroatoms. The number of nitrogens with one attached hydrogen (secondary N) is 2. The lowest BCUT2D eigenvalue weighted by Gasteiger charge is -2.16. The van der Waals surface area contributed by atoms with Crippen molar-refractivity contribution in [2.45, 2.75) is 45.1 Å². The minimum absolute atomic E-state index is 0.0645. The number of carbonyl (C=O) groups excluding carboxylic acids is 2. The van der Waals surface area contributed by atoms with Gasteiger partial charge in [0, 0.05) is 13.2 Å². The number of hydrogen-bond acceptors (Lipinski definition) is 4. The van der Waals surface area contributed by atoms with E-state index in [4.69, 9.17) is 9.47 Å². The maximum Gasteiger partial charge on any atom is 0.262 e. The topological polar surface area (TPSA) is 76.7 Å². The first-order valence-corrected chi connectivity index (χ1v) is 10.6. The largest absolute Gasteiger partial charge is 0.483 e. The van der Waals surface area contributed by atoms with Gasteiger partial charge in [-0.3, -0.25) is 9.59 Å². The highest BCUT2D eigenvalue weighted by Crippen LogP contribution is 2.28. The van der Waals surface area contributed by atoms with Gasteiger partial charge in [-0.15, -0.1) is 0 Å². The lowest BCUT2D eigenvalue weighted by atomic mass is 9.98. The molecule has 1 heterocycles. The van der Waals surface area contributed by atoms with E-state index in [-0.39, 0.29) is 24.5 Å². The van der Waals surface area contributed by atoms with E-state index in [0.717, 1.165) is 31.4 Å². The molecule has 2 aromatic carbocycles. The lowest BCUT2D eigenvalue weighted by molar-refractivity contribution is -0.118. The normalized spacial score (nSPS) is 16.7. The standard InChI is InChI=1S/C24H30N2O4/c1-3-17(2)19-10-5-7-13-22(19)30-16-23(27)26-21-12-6-4-11-20(21)24(28)25-15-18-9-8-14-29-18/h4-7,10-13,17-18H,3,8-9,14-16H2,1-2H3,(H,25,28)(H,26,27). The summed E-state index contributed by atoms with van der Waals surface area (Å²) in [6, 6.07) is 14.7. The van der Waals surface area contributed by atoms with Crippen LogP contribution in [0.1, 0.15) is 54.9 Å². The van der Waals surface area contributed by atoms with E-state index in [1.165, 1.54) is 0 Å². The number of hydrogen-bond donors (Lipinski definition) is 2. The molecule has 1 fully saturated rings. The Morgan fingerprint density at radius 2 is 1.93 bits per heavy atom. The zero-order valence-electron chi connectivity index (χ0n) is 17.6. The molecule has 160 valence electrons. The van der Waals surface area contributed by atoms with Crippen LogP contribution in [0.25, 0.3) is 0 Å². The first-order chi connectivity index (χ1) is 14.6. The highest BCUT2D eigenvalue weighted by Gasteiger charge is 2.19. The fraction of sp³-hybridized carbons (Fsp3) is 0.417. The SMILES string of the molecule is CCC(C)c1ccccc1OCC(=O)Nc1ccccc1C(=O)NCC1CCCO1. The third-order valence-electron chi connectivity index (χ3n) is 5.38. The third kappa shape index (κ3) is 5.83. The molecule has 6 nitrogen and oxygen atoms in total. The van der Waals surface area contributed by atoms with E-state index in [1.54, 1.807) is 24.3 Å². The zero-order chi connectivity index (χ0) is 21.3. The van der Waals surface area contributed by atoms with Crippen LogP contribution in [0.3, 0.4) is 0 Å². The van der Waals surface area contributed by atoms with Gasteiger partial charge in [0.25, 0.3) is 11.8 Å². The maximum atomic E-state index is 12.6. The molecule has 0 aromatic heterocycles. The van der Waals surface area contributed by atoms with E-state index in [9.17, 15) is 9.59 Å². The van der Waals surface area contributed by atoms with Crippen LogP contribution in [-0.2, 0) is 9.53 Å². The number of ether oxygens (including phenoxy) is 2. The first-order valence-electron chi connectivity index (χ1n) is 10.6. The molecule has 1 saturated heterocycles. The van der Waals surface area contributed by atoms with Gasteiger partial charge >= 0.3 is 0 Å². The van der Waals surface area contributed by atoms with Crippen molar-refractivity contribution in [2.75, 3.05) is 25.1 Å². The molecule has 30 heavy (non-hydrogen) atoms. The van der Waals surface area contributed by atoms with Gasteiger partial charge in [0.1, 0.15) is 5.75 Å². The minimum Gasteiger partial charge on any atom is -0.483 e. The van der Waals surface area contributed by atoms with Crippen molar-refractivity contribution in [1.82, 2.24) is 5.32 Å². The highest BCUT2D eigenvalue weighted by atomic mass is 16.5. The Hall–Kier alpha value is -2.86. The predicted octanol–water partition coefficient (Wildman–Crippen LogP) is 4.13. The first kappa shape index (κ1) is 21.8. The van der Waals surface area contributed by atoms with Gasteiger partial charge in [-0.25, -0.2) is 0 Å². The second kappa shape index (κ2) is 10.8. The van der Waals surface area contributed by atoms with Crippen LogP contribution in [0.5, 0.6) is 5.75 Å². The smallest absolute Gasteiger partial charge is 0.262 e. The zero-order valence-corrected chi connectivity index (χ0v) is 17.6. The second-order valence-electron chi connectivity index (χ2n) is 7.57. The Labute approximate surface area is 178 Å². The molecule has 0 saturated carbocycles. The van der Waals surface area contributed by atoms with Crippen LogP contribution in [0.15, 0.2) is 48.5 Å². The Morgan fingerprint density at radius 1 is 1.17 bits per heavy atom. The molecule has 2 unspecified atom stereocenters. The molecule has 0 bridgehead atoms. The van der Waals surface area contributed by atoms with Gasteiger partial charge in [-0.05, 0) is 48.9 Å². The maximum absolute atomic E-state index is 12.6. The second-order valence-corrected chi connectivity index (χ2v) is 7.57. The quantitative estimate of drug-likeness (QED) is 0.652. The summed E-state index contributed by atoms with van der Waals surface area (Å²) in [6.07, 6.45) is 3.03. The highest BCUT2D eigenvalue weighted by molar-refractivity contribution is 6.04. The molecular formula is C24H30N2O4. The molecule has 0 radical (unpaired) electrons. The number of amides is 2. The Morgan fingerprint density at radius 3 is 2.70 bits per heavy atom. The Bertz CT molecular complexity index is 862. The molecule has 0 spiro atoms. The lowest BCUT2D eigenvalue weighted by Crippen LogP contribution is -2.32. The summed E-state index contributed by atoms with van der Waals surface area (Å²) in [4.78, 5) is 25.1. The molecular weight excluding hydrogens is 380 g/mol. The fourth-order valence-corrected chi connectivity index (χ4v) is 3.47. The minimum atomic E-state index is -0.312. The fourth-order valence-electron chi connectivity index (χ4n) is 3.47. The van der Waals surface area contributed by atoms with Crippen LogP contribution >= 0.6 is 0 Å². The predicted molar refractivity (Wildman–Crippen MR) is 117 cm³/mol. The van der Waals surface area contributed by atoms with Crippen molar-refractivity contribution in [3.8, 4) is 5.75 Å². The molecule has 3 rings (SSSR count). The van der Waals surface area contributed by atoms with Gasteiger partial charge in [-0.1, -0.05) is 44.2 Å². The van der Waals surface area contributed by atoms with Crippen LogP contribution in [0, 0.1) is 0 Å². The summed E-state index contributed by atoms with van der Waals surface area (Å²) in [7, 11) is 0. The van der Waals surface area contributed by atoms with E-state index in [0.29, 0.717) is 29.5 Å². The van der Waals surface area contributed by atoms with Gasteiger partial charge in [-0.2, -0.15) is 0 Å². The van der Waals surface area contributed by atoms with Gasteiger partial charge in [0.15, 0.2) is 6.61 Å². The van der Waals surface area contributed by atoms with Crippen molar-refractivity contribution >= 4 is 17.5 Å². The summed E-state index contributed by atoms with van der Waals surface area (Å²) >= 11 is 0. The van der Waals surface area contributed by atoms with E-state index < -0.39 is 0 Å². The van der Waals surface area contributed by atoms with Crippen LogP contribution in [0.4, 0.5) is 5.69 Å². The summed E-state index contributed by atoms with van der Waals surface area (Å²) in [5, 5.41) is 5.69. The average Bonchev–Trinajstić information content (AvgIpc) is 3.30. The molecule has 1 aliphatic rings. The van der Waals surface area contributed by atoms with Gasteiger partial charge in [0.2, 0.25) is 0 Å². The molecule has 2 aromatic rings. The number of rotatable bonds is 9. The molecule has 1 aliphatic heterocycles. The summed E-state index contributed by atoms with van der Waals surface area (Å²) < 4.78 is 11.3. The Kier molecular flexibility index (Phi) is 7.85. The van der Waals surface area contributed by atoms with E-state index in [2.05, 4.69) is 24.5 Å². The van der Waals surface area contributed by atoms with Gasteiger partial charge < -0.3 is 20.1 Å². The number of para-hydroxylation sites is 2. The summed E-state index contributed by atoms with van der Waals surface area (Å²) in [6.45, 7) is 5.34. The van der Waals surface area contributed by atoms with Crippen molar-refractivity contribution in [2.24, 2.45) is 0 Å². The molecule has 2 amide bonds. The Balaban J connectivity index is 1.59. The van der Waals surface area contributed by atoms with Crippen LogP contribution in [-0.4, -0.2) is 37.7 Å². The van der Waals surface area contributed by atoms with E-state index >= 15 is 0 Å². The summed E-state index contributed by atoms with van der Waals surface area (Å²) in [5.74, 6) is 0.514. The number of anilines is 1. The van der Waals surface area contributed by atoms with Crippen molar-refractivity contribution < 1.29 is 19.1 Å². The third-order valence-corrected chi connectivity index (χ3v) is 5.38. The van der Waals surface area contributed by atoms with Gasteiger partial charge in [0.05, 0.1) is 17.4 Å². The number of benzene rings is 2.